The summed E-state index contributed by atoms with van der Waals surface area (Å²) in [6.07, 6.45) is 1.42. The van der Waals surface area contributed by atoms with Gasteiger partial charge in [-0.1, -0.05) is 65.1 Å². The number of aliphatic hydroxyl groups is 1. The molecule has 15 heteroatoms. The highest BCUT2D eigenvalue weighted by molar-refractivity contribution is 8.14. The molecule has 0 bridgehead atoms. The zero-order chi connectivity index (χ0) is 31.3. The Morgan fingerprint density at radius 2 is 1.62 bits per heavy atom. The van der Waals surface area contributed by atoms with Gasteiger partial charge in [0.1, 0.15) is 17.9 Å². The van der Waals surface area contributed by atoms with Crippen LogP contribution in [-0.4, -0.2) is 75.4 Å². The van der Waals surface area contributed by atoms with Crippen molar-refractivity contribution >= 4 is 52.7 Å². The Morgan fingerprint density at radius 1 is 1.05 bits per heavy atom. The molecule has 12 nitrogen and oxygen atoms in total. The Kier molecular flexibility index (Phi) is 11.7. The molecule has 3 rings (SSSR count). The highest BCUT2D eigenvalue weighted by Crippen LogP contribution is 2.51. The summed E-state index contributed by atoms with van der Waals surface area (Å²) in [4.78, 5) is 32.8. The number of hydrogen-bond donors (Lipinski definition) is 1. The number of carbonyl (C=O) groups excluding carboxylic acids is 2. The fraction of sp³-hybridized carbons (Fsp3) is 0.704. The first-order valence-corrected chi connectivity index (χ1v) is 16.9. The standard InChI is InChI=1S/C27H41N2O10PS2/c1-25(2,3)23(30)41-11-9-36-40(33,37-10-12-42-24(31)26(4,5)6)38-14-17-13-27(7,32)21(39-17)18-15-35-20-19(18)28-16-29-22(20)34-8/h15-17,21,32H,9-14H2,1-8H3/t17-,21-,27+/m0/s1. The van der Waals surface area contributed by atoms with E-state index in [2.05, 4.69) is 9.97 Å². The molecule has 1 fully saturated rings. The van der Waals surface area contributed by atoms with Crippen LogP contribution in [-0.2, 0) is 32.5 Å². The van der Waals surface area contributed by atoms with Crippen molar-refractivity contribution < 1.29 is 46.7 Å². The van der Waals surface area contributed by atoms with E-state index < -0.39 is 36.5 Å². The number of phosphoric ester groups is 1. The van der Waals surface area contributed by atoms with Crippen LogP contribution in [0, 0.1) is 10.8 Å². The summed E-state index contributed by atoms with van der Waals surface area (Å²) in [6, 6.07) is 0. The summed E-state index contributed by atoms with van der Waals surface area (Å²) in [5, 5.41) is 11.1. The lowest BCUT2D eigenvalue weighted by Gasteiger charge is -2.22. The molecule has 236 valence electrons. The smallest absolute Gasteiger partial charge is 0.474 e. The van der Waals surface area contributed by atoms with Gasteiger partial charge in [-0.25, -0.2) is 9.55 Å². The number of aromatic nitrogens is 2. The van der Waals surface area contributed by atoms with Crippen molar-refractivity contribution in [1.82, 2.24) is 9.97 Å². The average Bonchev–Trinajstić information content (AvgIpc) is 3.46. The Morgan fingerprint density at radius 3 is 2.14 bits per heavy atom. The monoisotopic (exact) mass is 648 g/mol. The maximum atomic E-state index is 13.6. The SMILES string of the molecule is COc1ncnc2c([C@@H]3O[C@H](COP(=O)(OCCSC(=O)C(C)(C)C)OCCSC(=O)C(C)(C)C)C[C@@]3(C)O)coc12. The predicted octanol–water partition coefficient (Wildman–Crippen LogP) is 5.58. The molecule has 3 heterocycles. The Bertz CT molecular complexity index is 1250. The lowest BCUT2D eigenvalue weighted by molar-refractivity contribution is -0.118. The van der Waals surface area contributed by atoms with E-state index in [1.807, 2.05) is 41.5 Å². The third-order valence-electron chi connectivity index (χ3n) is 6.13. The van der Waals surface area contributed by atoms with Crippen molar-refractivity contribution in [1.29, 1.82) is 0 Å². The van der Waals surface area contributed by atoms with Crippen LogP contribution in [0.3, 0.4) is 0 Å². The van der Waals surface area contributed by atoms with Gasteiger partial charge in [-0.15, -0.1) is 0 Å². The first kappa shape index (κ1) is 35.0. The minimum Gasteiger partial charge on any atom is -0.478 e. The first-order chi connectivity index (χ1) is 19.5. The van der Waals surface area contributed by atoms with Gasteiger partial charge in [0.15, 0.2) is 10.2 Å². The summed E-state index contributed by atoms with van der Waals surface area (Å²) in [7, 11) is -2.65. The number of furan rings is 1. The first-order valence-electron chi connectivity index (χ1n) is 13.5. The number of rotatable bonds is 13. The van der Waals surface area contributed by atoms with Crippen LogP contribution in [0.15, 0.2) is 17.0 Å². The Labute approximate surface area is 254 Å². The normalized spacial score (nSPS) is 21.6. The van der Waals surface area contributed by atoms with Crippen molar-refractivity contribution in [3.63, 3.8) is 0 Å². The third kappa shape index (κ3) is 9.25. The largest absolute Gasteiger partial charge is 0.478 e. The van der Waals surface area contributed by atoms with Gasteiger partial charge in [0, 0.05) is 34.3 Å². The van der Waals surface area contributed by atoms with E-state index in [9.17, 15) is 19.3 Å². The predicted molar refractivity (Wildman–Crippen MR) is 161 cm³/mol. The van der Waals surface area contributed by atoms with Crippen LogP contribution >= 0.6 is 31.3 Å². The molecule has 0 amide bonds. The summed E-state index contributed by atoms with van der Waals surface area (Å²) >= 11 is 2.15. The topological polar surface area (TPSA) is 157 Å². The van der Waals surface area contributed by atoms with E-state index in [0.29, 0.717) is 16.7 Å². The summed E-state index contributed by atoms with van der Waals surface area (Å²) in [5.74, 6) is 0.753. The van der Waals surface area contributed by atoms with E-state index in [1.54, 1.807) is 6.92 Å². The summed E-state index contributed by atoms with van der Waals surface area (Å²) in [6.45, 7) is 12.2. The lowest BCUT2D eigenvalue weighted by atomic mass is 9.92. The van der Waals surface area contributed by atoms with Gasteiger partial charge in [-0.2, -0.15) is 4.98 Å². The molecular weight excluding hydrogens is 607 g/mol. The molecule has 2 aromatic rings. The summed E-state index contributed by atoms with van der Waals surface area (Å²) < 4.78 is 47.2. The van der Waals surface area contributed by atoms with E-state index in [0.717, 1.165) is 23.5 Å². The molecule has 0 spiro atoms. The molecule has 0 unspecified atom stereocenters. The molecule has 2 aromatic heterocycles. The van der Waals surface area contributed by atoms with Gasteiger partial charge in [0.25, 0.3) is 5.88 Å². The molecule has 1 aliphatic rings. The van der Waals surface area contributed by atoms with Gasteiger partial charge in [-0.05, 0) is 6.92 Å². The molecule has 1 N–H and O–H groups in total. The molecule has 0 aromatic carbocycles. The van der Waals surface area contributed by atoms with E-state index in [4.69, 9.17) is 27.5 Å². The fourth-order valence-electron chi connectivity index (χ4n) is 3.93. The number of methoxy groups -OCH3 is 1. The molecular formula is C27H41N2O10PS2. The molecule has 0 radical (unpaired) electrons. The van der Waals surface area contributed by atoms with Gasteiger partial charge in [-0.3, -0.25) is 23.2 Å². The molecule has 42 heavy (non-hydrogen) atoms. The molecule has 0 aliphatic carbocycles. The minimum absolute atomic E-state index is 0.0258. The Hall–Kier alpha value is -1.51. The van der Waals surface area contributed by atoms with Crippen LogP contribution in [0.25, 0.3) is 11.1 Å². The van der Waals surface area contributed by atoms with E-state index in [1.165, 1.54) is 19.7 Å². The second kappa shape index (κ2) is 14.1. The lowest BCUT2D eigenvalue weighted by Crippen LogP contribution is -2.28. The van der Waals surface area contributed by atoms with E-state index >= 15 is 0 Å². The Balaban J connectivity index is 1.65. The van der Waals surface area contributed by atoms with Crippen molar-refractivity contribution in [3.05, 3.63) is 18.2 Å². The fourth-order valence-corrected chi connectivity index (χ4v) is 6.95. The van der Waals surface area contributed by atoms with Crippen LogP contribution < -0.4 is 4.74 Å². The number of thioether (sulfide) groups is 2. The molecule has 0 saturated carbocycles. The van der Waals surface area contributed by atoms with Gasteiger partial charge < -0.3 is 19.0 Å². The van der Waals surface area contributed by atoms with Crippen molar-refractivity contribution in [2.24, 2.45) is 10.8 Å². The second-order valence-corrected chi connectivity index (χ2v) is 15.9. The molecule has 1 saturated heterocycles. The van der Waals surface area contributed by atoms with Crippen molar-refractivity contribution in [3.8, 4) is 5.88 Å². The molecule has 3 atom stereocenters. The number of ether oxygens (including phenoxy) is 2. The van der Waals surface area contributed by atoms with Gasteiger partial charge in [0.2, 0.25) is 5.58 Å². The van der Waals surface area contributed by atoms with Crippen LogP contribution in [0.5, 0.6) is 5.88 Å². The maximum Gasteiger partial charge on any atom is 0.474 e. The number of phosphoric acid groups is 1. The number of carbonyl (C=O) groups is 2. The number of nitrogens with zero attached hydrogens (tertiary/aromatic N) is 2. The van der Waals surface area contributed by atoms with Gasteiger partial charge >= 0.3 is 7.82 Å². The minimum atomic E-state index is -4.11. The highest BCUT2D eigenvalue weighted by atomic mass is 32.2. The molecule has 1 aliphatic heterocycles. The highest BCUT2D eigenvalue weighted by Gasteiger charge is 2.47. The zero-order valence-corrected chi connectivity index (χ0v) is 27.9. The van der Waals surface area contributed by atoms with Crippen LogP contribution in [0.4, 0.5) is 0 Å². The number of hydrogen-bond acceptors (Lipinski definition) is 14. The average molecular weight is 649 g/mol. The summed E-state index contributed by atoms with van der Waals surface area (Å²) in [5.41, 5.74) is -1.11. The zero-order valence-electron chi connectivity index (χ0n) is 25.3. The quantitative estimate of drug-likeness (QED) is 0.212. The van der Waals surface area contributed by atoms with Crippen LogP contribution in [0.1, 0.15) is 66.6 Å². The van der Waals surface area contributed by atoms with Crippen LogP contribution in [0.2, 0.25) is 0 Å². The van der Waals surface area contributed by atoms with Gasteiger partial charge in [0.05, 0.1) is 44.9 Å². The maximum absolute atomic E-state index is 13.6. The van der Waals surface area contributed by atoms with Crippen molar-refractivity contribution in [2.45, 2.75) is 72.7 Å². The number of fused-ring (bicyclic) bond motifs is 1. The second-order valence-electron chi connectivity index (χ2n) is 12.1. The third-order valence-corrected chi connectivity index (χ3v) is 10.1. The van der Waals surface area contributed by atoms with E-state index in [-0.39, 0.29) is 53.9 Å². The van der Waals surface area contributed by atoms with Crippen molar-refractivity contribution in [2.75, 3.05) is 38.4 Å².